The summed E-state index contributed by atoms with van der Waals surface area (Å²) in [5.41, 5.74) is 2.71. The average molecular weight is 406 g/mol. The van der Waals surface area contributed by atoms with Crippen molar-refractivity contribution in [2.24, 2.45) is 0 Å². The highest BCUT2D eigenvalue weighted by atomic mass is 35.5. The highest BCUT2D eigenvalue weighted by Crippen LogP contribution is 2.23. The molecule has 1 aliphatic rings. The topological polar surface area (TPSA) is 54.5 Å². The van der Waals surface area contributed by atoms with E-state index in [4.69, 9.17) is 16.3 Å². The number of nitrogens with zero attached hydrogens (tertiary/aromatic N) is 2. The largest absolute Gasteiger partial charge is 0.474 e. The Hall–Kier alpha value is -1.92. The SMILES string of the molecule is CC(C)Oc1ncc(C(=O)NCc2ccc(N3CCSCC3)cc2)cc1Cl. The van der Waals surface area contributed by atoms with Crippen LogP contribution in [-0.4, -0.2) is 41.6 Å². The molecule has 0 atom stereocenters. The number of carbonyl (C=O) groups excluding carboxylic acids is 1. The third-order valence-electron chi connectivity index (χ3n) is 4.18. The van der Waals surface area contributed by atoms with E-state index in [2.05, 4.69) is 39.5 Å². The van der Waals surface area contributed by atoms with Gasteiger partial charge in [-0.25, -0.2) is 4.98 Å². The molecule has 0 unspecified atom stereocenters. The van der Waals surface area contributed by atoms with E-state index >= 15 is 0 Å². The molecule has 1 aromatic heterocycles. The van der Waals surface area contributed by atoms with Gasteiger partial charge in [0.15, 0.2) is 0 Å². The highest BCUT2D eigenvalue weighted by Gasteiger charge is 2.13. The molecule has 1 N–H and O–H groups in total. The maximum atomic E-state index is 12.4. The number of anilines is 1. The lowest BCUT2D eigenvalue weighted by atomic mass is 10.2. The molecule has 1 aliphatic heterocycles. The molecule has 3 rings (SSSR count). The predicted molar refractivity (Wildman–Crippen MR) is 112 cm³/mol. The lowest BCUT2D eigenvalue weighted by Crippen LogP contribution is -2.32. The van der Waals surface area contributed by atoms with Crippen LogP contribution in [0, 0.1) is 0 Å². The van der Waals surface area contributed by atoms with Gasteiger partial charge in [-0.2, -0.15) is 11.8 Å². The third-order valence-corrected chi connectivity index (χ3v) is 5.40. The van der Waals surface area contributed by atoms with Crippen molar-refractivity contribution in [1.29, 1.82) is 0 Å². The first-order chi connectivity index (χ1) is 13.0. The molecule has 27 heavy (non-hydrogen) atoms. The van der Waals surface area contributed by atoms with E-state index in [1.807, 2.05) is 25.6 Å². The number of ether oxygens (including phenoxy) is 1. The van der Waals surface area contributed by atoms with Crippen molar-refractivity contribution in [2.45, 2.75) is 26.5 Å². The number of halogens is 1. The molecule has 0 bridgehead atoms. The number of pyridine rings is 1. The number of carbonyl (C=O) groups is 1. The van der Waals surface area contributed by atoms with Gasteiger partial charge in [0.25, 0.3) is 5.91 Å². The number of thioether (sulfide) groups is 1. The monoisotopic (exact) mass is 405 g/mol. The Morgan fingerprint density at radius 1 is 1.30 bits per heavy atom. The molecule has 7 heteroatoms. The number of amides is 1. The predicted octanol–water partition coefficient (Wildman–Crippen LogP) is 4.01. The summed E-state index contributed by atoms with van der Waals surface area (Å²) >= 11 is 8.15. The Kier molecular flexibility index (Phi) is 6.85. The third kappa shape index (κ3) is 5.53. The summed E-state index contributed by atoms with van der Waals surface area (Å²) in [7, 11) is 0. The van der Waals surface area contributed by atoms with Crippen LogP contribution in [0.4, 0.5) is 5.69 Å². The quantitative estimate of drug-likeness (QED) is 0.787. The number of nitrogens with one attached hydrogen (secondary N) is 1. The first-order valence-corrected chi connectivity index (χ1v) is 10.6. The first-order valence-electron chi connectivity index (χ1n) is 9.05. The number of benzene rings is 1. The minimum absolute atomic E-state index is 0.0265. The lowest BCUT2D eigenvalue weighted by molar-refractivity contribution is 0.0950. The van der Waals surface area contributed by atoms with E-state index in [1.54, 1.807) is 6.07 Å². The Bertz CT molecular complexity index is 777. The maximum Gasteiger partial charge on any atom is 0.253 e. The first kappa shape index (κ1) is 19.8. The second kappa shape index (κ2) is 9.33. The summed E-state index contributed by atoms with van der Waals surface area (Å²) in [6, 6.07) is 9.94. The molecule has 0 saturated carbocycles. The maximum absolute atomic E-state index is 12.4. The van der Waals surface area contributed by atoms with Gasteiger partial charge >= 0.3 is 0 Å². The second-order valence-corrected chi connectivity index (χ2v) is 8.26. The summed E-state index contributed by atoms with van der Waals surface area (Å²) in [6.07, 6.45) is 1.46. The smallest absolute Gasteiger partial charge is 0.253 e. The zero-order valence-corrected chi connectivity index (χ0v) is 17.1. The molecule has 0 radical (unpaired) electrons. The zero-order chi connectivity index (χ0) is 19.2. The van der Waals surface area contributed by atoms with E-state index in [-0.39, 0.29) is 12.0 Å². The number of hydrogen-bond acceptors (Lipinski definition) is 5. The summed E-state index contributed by atoms with van der Waals surface area (Å²) in [4.78, 5) is 18.9. The van der Waals surface area contributed by atoms with Gasteiger partial charge < -0.3 is 15.0 Å². The van der Waals surface area contributed by atoms with Crippen LogP contribution in [-0.2, 0) is 6.54 Å². The fourth-order valence-electron chi connectivity index (χ4n) is 2.79. The van der Waals surface area contributed by atoms with E-state index in [0.29, 0.717) is 23.0 Å². The summed E-state index contributed by atoms with van der Waals surface area (Å²) in [5.74, 6) is 2.48. The van der Waals surface area contributed by atoms with Gasteiger partial charge in [-0.05, 0) is 37.6 Å². The van der Waals surface area contributed by atoms with Crippen molar-refractivity contribution in [1.82, 2.24) is 10.3 Å². The van der Waals surface area contributed by atoms with Crippen molar-refractivity contribution in [3.05, 3.63) is 52.7 Å². The normalized spacial score (nSPS) is 14.3. The Labute approximate surface area is 169 Å². The van der Waals surface area contributed by atoms with E-state index in [1.165, 1.54) is 23.4 Å². The van der Waals surface area contributed by atoms with Crippen molar-refractivity contribution < 1.29 is 9.53 Å². The van der Waals surface area contributed by atoms with Gasteiger partial charge in [0, 0.05) is 43.0 Å². The van der Waals surface area contributed by atoms with E-state index in [9.17, 15) is 4.79 Å². The summed E-state index contributed by atoms with van der Waals surface area (Å²) in [5, 5.41) is 3.24. The van der Waals surface area contributed by atoms with E-state index < -0.39 is 0 Å². The molecular formula is C20H24ClN3O2S. The lowest BCUT2D eigenvalue weighted by Gasteiger charge is -2.28. The highest BCUT2D eigenvalue weighted by molar-refractivity contribution is 7.99. The fourth-order valence-corrected chi connectivity index (χ4v) is 3.90. The molecular weight excluding hydrogens is 382 g/mol. The van der Waals surface area contributed by atoms with Crippen LogP contribution in [0.15, 0.2) is 36.5 Å². The molecule has 5 nitrogen and oxygen atoms in total. The molecule has 2 heterocycles. The van der Waals surface area contributed by atoms with Crippen LogP contribution in [0.1, 0.15) is 29.8 Å². The van der Waals surface area contributed by atoms with Crippen molar-refractivity contribution >= 4 is 35.0 Å². The van der Waals surface area contributed by atoms with Crippen LogP contribution in [0.3, 0.4) is 0 Å². The van der Waals surface area contributed by atoms with Crippen LogP contribution in [0.2, 0.25) is 5.02 Å². The minimum Gasteiger partial charge on any atom is -0.474 e. The van der Waals surface area contributed by atoms with Crippen molar-refractivity contribution in [3.8, 4) is 5.88 Å². The zero-order valence-electron chi connectivity index (χ0n) is 15.6. The molecule has 1 saturated heterocycles. The Morgan fingerprint density at radius 2 is 2.00 bits per heavy atom. The standard InChI is InChI=1S/C20H24ClN3O2S/c1-14(2)26-20-18(21)11-16(13-23-20)19(25)22-12-15-3-5-17(6-4-15)24-7-9-27-10-8-24/h3-6,11,13-14H,7-10,12H2,1-2H3,(H,22,25). The van der Waals surface area contributed by atoms with Gasteiger partial charge in [-0.1, -0.05) is 23.7 Å². The number of rotatable bonds is 6. The minimum atomic E-state index is -0.211. The molecule has 0 aliphatic carbocycles. The van der Waals surface area contributed by atoms with Gasteiger partial charge in [-0.15, -0.1) is 0 Å². The summed E-state index contributed by atoms with van der Waals surface area (Å²) in [6.45, 7) is 6.43. The van der Waals surface area contributed by atoms with Crippen LogP contribution >= 0.6 is 23.4 Å². The second-order valence-electron chi connectivity index (χ2n) is 6.63. The molecule has 1 fully saturated rings. The fraction of sp³-hybridized carbons (Fsp3) is 0.400. The molecule has 144 valence electrons. The van der Waals surface area contributed by atoms with Gasteiger partial charge in [0.2, 0.25) is 5.88 Å². The van der Waals surface area contributed by atoms with Crippen LogP contribution in [0.5, 0.6) is 5.88 Å². The van der Waals surface area contributed by atoms with Crippen LogP contribution in [0.25, 0.3) is 0 Å². The number of hydrogen-bond donors (Lipinski definition) is 1. The van der Waals surface area contributed by atoms with Gasteiger partial charge in [-0.3, -0.25) is 4.79 Å². The van der Waals surface area contributed by atoms with E-state index in [0.717, 1.165) is 18.7 Å². The van der Waals surface area contributed by atoms with Crippen molar-refractivity contribution in [2.75, 3.05) is 29.5 Å². The molecule has 0 spiro atoms. The summed E-state index contributed by atoms with van der Waals surface area (Å²) < 4.78 is 5.49. The van der Waals surface area contributed by atoms with Gasteiger partial charge in [0.1, 0.15) is 5.02 Å². The van der Waals surface area contributed by atoms with Crippen molar-refractivity contribution in [3.63, 3.8) is 0 Å². The molecule has 1 amide bonds. The van der Waals surface area contributed by atoms with Crippen LogP contribution < -0.4 is 15.0 Å². The molecule has 2 aromatic rings. The Balaban J connectivity index is 1.56. The van der Waals surface area contributed by atoms with Gasteiger partial charge in [0.05, 0.1) is 11.7 Å². The average Bonchev–Trinajstić information content (AvgIpc) is 2.68. The molecule has 1 aromatic carbocycles. The Morgan fingerprint density at radius 3 is 2.63 bits per heavy atom. The number of aromatic nitrogens is 1.